The fraction of sp³-hybridized carbons (Fsp3) is 0.471. The summed E-state index contributed by atoms with van der Waals surface area (Å²) in [6.07, 6.45) is 9.16. The second kappa shape index (κ2) is 11.7. The van der Waals surface area contributed by atoms with Gasteiger partial charge in [-0.05, 0) is 55.9 Å². The molecule has 1 spiro atoms. The molecule has 10 nitrogen and oxygen atoms in total. The summed E-state index contributed by atoms with van der Waals surface area (Å²) in [5.74, 6) is 1.82. The zero-order valence-corrected chi connectivity index (χ0v) is 25.6. The molecule has 2 saturated carbocycles. The van der Waals surface area contributed by atoms with Crippen LogP contribution < -0.4 is 25.2 Å². The van der Waals surface area contributed by atoms with Crippen LogP contribution in [0.5, 0.6) is 5.75 Å². The molecule has 2 aliphatic heterocycles. The number of fused-ring (bicyclic) bond motifs is 1. The minimum absolute atomic E-state index is 0.102. The Morgan fingerprint density at radius 2 is 1.89 bits per heavy atom. The van der Waals surface area contributed by atoms with E-state index in [2.05, 4.69) is 49.7 Å². The van der Waals surface area contributed by atoms with Gasteiger partial charge < -0.3 is 25.2 Å². The third-order valence-electron chi connectivity index (χ3n) is 9.80. The maximum absolute atomic E-state index is 13.4. The predicted molar refractivity (Wildman–Crippen MR) is 171 cm³/mol. The lowest BCUT2D eigenvalue weighted by molar-refractivity contribution is -0.122. The monoisotopic (exact) mass is 595 g/mol. The Hall–Kier alpha value is -4.18. The summed E-state index contributed by atoms with van der Waals surface area (Å²) < 4.78 is 5.69. The van der Waals surface area contributed by atoms with Crippen LogP contribution in [0, 0.1) is 5.41 Å². The molecule has 1 atom stereocenters. The van der Waals surface area contributed by atoms with Crippen molar-refractivity contribution in [1.29, 1.82) is 0 Å². The molecule has 3 aromatic rings. The van der Waals surface area contributed by atoms with E-state index in [0.29, 0.717) is 35.5 Å². The topological polar surface area (TPSA) is 103 Å². The van der Waals surface area contributed by atoms with E-state index < -0.39 is 0 Å². The van der Waals surface area contributed by atoms with E-state index in [-0.39, 0.29) is 23.3 Å². The van der Waals surface area contributed by atoms with Crippen molar-refractivity contribution in [1.82, 2.24) is 20.2 Å². The maximum Gasteiger partial charge on any atom is 0.251 e. The number of anilines is 4. The molecular formula is C34H41N7O3. The predicted octanol–water partition coefficient (Wildman–Crippen LogP) is 4.74. The molecule has 1 unspecified atom stereocenters. The number of likely N-dealkylation sites (tertiary alicyclic amines) is 1. The number of carbonyl (C=O) groups excluding carboxylic acids is 2. The fourth-order valence-corrected chi connectivity index (χ4v) is 7.11. The van der Waals surface area contributed by atoms with Crippen LogP contribution in [0.3, 0.4) is 0 Å². The molecule has 3 heterocycles. The first-order chi connectivity index (χ1) is 21.4. The van der Waals surface area contributed by atoms with Gasteiger partial charge in [-0.3, -0.25) is 14.5 Å². The number of carbonyl (C=O) groups is 2. The summed E-state index contributed by atoms with van der Waals surface area (Å²) in [6.45, 7) is 3.38. The summed E-state index contributed by atoms with van der Waals surface area (Å²) in [7, 11) is 3.44. The van der Waals surface area contributed by atoms with E-state index in [1.54, 1.807) is 30.3 Å². The van der Waals surface area contributed by atoms with E-state index >= 15 is 0 Å². The van der Waals surface area contributed by atoms with Gasteiger partial charge in [-0.2, -0.15) is 4.98 Å². The third-order valence-corrected chi connectivity index (χ3v) is 9.80. The highest BCUT2D eigenvalue weighted by molar-refractivity contribution is 6.03. The van der Waals surface area contributed by atoms with Crippen LogP contribution in [-0.2, 0) is 11.3 Å². The van der Waals surface area contributed by atoms with Gasteiger partial charge >= 0.3 is 0 Å². The van der Waals surface area contributed by atoms with Gasteiger partial charge in [-0.1, -0.05) is 43.2 Å². The zero-order chi connectivity index (χ0) is 30.3. The second-order valence-corrected chi connectivity index (χ2v) is 12.8. The summed E-state index contributed by atoms with van der Waals surface area (Å²) >= 11 is 0. The average molecular weight is 596 g/mol. The largest absolute Gasteiger partial charge is 0.495 e. The second-order valence-electron chi connectivity index (χ2n) is 12.8. The SMILES string of the molecule is COc1cc(C(=O)NC2CCN(Cc3ccccc3)C2)ccc1Nc1ncc2c(n1)N(C1CCCC1)CC1(CC1)C(=O)N2C. The van der Waals surface area contributed by atoms with Gasteiger partial charge in [0.15, 0.2) is 5.82 Å². The molecule has 2 aromatic carbocycles. The summed E-state index contributed by atoms with van der Waals surface area (Å²) in [5.41, 5.74) is 2.94. The molecule has 44 heavy (non-hydrogen) atoms. The molecule has 2 amide bonds. The van der Waals surface area contributed by atoms with Crippen molar-refractivity contribution in [2.24, 2.45) is 5.41 Å². The van der Waals surface area contributed by atoms with E-state index in [1.165, 1.54) is 18.4 Å². The van der Waals surface area contributed by atoms with Gasteiger partial charge in [0.1, 0.15) is 11.4 Å². The molecule has 7 rings (SSSR count). The lowest BCUT2D eigenvalue weighted by Gasteiger charge is -2.31. The first-order valence-corrected chi connectivity index (χ1v) is 15.9. The maximum atomic E-state index is 13.4. The molecule has 230 valence electrons. The Morgan fingerprint density at radius 1 is 1.09 bits per heavy atom. The summed E-state index contributed by atoms with van der Waals surface area (Å²) in [4.78, 5) is 42.7. The molecule has 10 heteroatoms. The van der Waals surface area contributed by atoms with Gasteiger partial charge in [-0.15, -0.1) is 0 Å². The highest BCUT2D eigenvalue weighted by Crippen LogP contribution is 2.52. The van der Waals surface area contributed by atoms with Crippen molar-refractivity contribution in [2.45, 2.75) is 63.6 Å². The molecule has 1 aromatic heterocycles. The Morgan fingerprint density at radius 3 is 2.64 bits per heavy atom. The Kier molecular flexibility index (Phi) is 7.62. The number of hydrogen-bond acceptors (Lipinski definition) is 8. The van der Waals surface area contributed by atoms with Crippen molar-refractivity contribution in [3.63, 3.8) is 0 Å². The molecule has 3 fully saturated rings. The summed E-state index contributed by atoms with van der Waals surface area (Å²) in [5, 5.41) is 6.52. The van der Waals surface area contributed by atoms with Crippen LogP contribution in [-0.4, -0.2) is 72.6 Å². The first-order valence-electron chi connectivity index (χ1n) is 15.9. The molecule has 4 aliphatic rings. The molecule has 0 bridgehead atoms. The average Bonchev–Trinajstić information content (AvgIpc) is 3.41. The minimum Gasteiger partial charge on any atom is -0.495 e. The Labute approximate surface area is 258 Å². The number of hydrogen-bond donors (Lipinski definition) is 2. The lowest BCUT2D eigenvalue weighted by Crippen LogP contribution is -2.41. The van der Waals surface area contributed by atoms with Gasteiger partial charge in [0.2, 0.25) is 11.9 Å². The van der Waals surface area contributed by atoms with E-state index in [0.717, 1.165) is 63.2 Å². The van der Waals surface area contributed by atoms with E-state index in [1.807, 2.05) is 19.2 Å². The number of amides is 2. The van der Waals surface area contributed by atoms with Gasteiger partial charge in [0.25, 0.3) is 5.91 Å². The van der Waals surface area contributed by atoms with Crippen LogP contribution in [0.4, 0.5) is 23.1 Å². The number of aromatic nitrogens is 2. The van der Waals surface area contributed by atoms with Crippen molar-refractivity contribution in [2.75, 3.05) is 48.9 Å². The van der Waals surface area contributed by atoms with E-state index in [4.69, 9.17) is 9.72 Å². The van der Waals surface area contributed by atoms with Crippen LogP contribution in [0.25, 0.3) is 0 Å². The van der Waals surface area contributed by atoms with Gasteiger partial charge in [0, 0.05) is 50.9 Å². The number of ether oxygens (including phenoxy) is 1. The lowest BCUT2D eigenvalue weighted by atomic mass is 10.0. The Balaban J connectivity index is 1.06. The van der Waals surface area contributed by atoms with Gasteiger partial charge in [-0.25, -0.2) is 4.98 Å². The summed E-state index contributed by atoms with van der Waals surface area (Å²) in [6, 6.07) is 16.3. The number of nitrogens with one attached hydrogen (secondary N) is 2. The van der Waals surface area contributed by atoms with Crippen LogP contribution >= 0.6 is 0 Å². The van der Waals surface area contributed by atoms with E-state index in [9.17, 15) is 9.59 Å². The smallest absolute Gasteiger partial charge is 0.251 e. The quantitative estimate of drug-likeness (QED) is 0.385. The van der Waals surface area contributed by atoms with Gasteiger partial charge in [0.05, 0.1) is 24.4 Å². The first kappa shape index (κ1) is 28.6. The number of benzene rings is 2. The van der Waals surface area contributed by atoms with Crippen molar-refractivity contribution < 1.29 is 14.3 Å². The van der Waals surface area contributed by atoms with Crippen molar-refractivity contribution in [3.8, 4) is 5.75 Å². The molecule has 2 aliphatic carbocycles. The highest BCUT2D eigenvalue weighted by atomic mass is 16.5. The molecule has 1 saturated heterocycles. The number of nitrogens with zero attached hydrogens (tertiary/aromatic N) is 5. The molecule has 0 radical (unpaired) electrons. The van der Waals surface area contributed by atoms with Crippen LogP contribution in [0.1, 0.15) is 60.9 Å². The van der Waals surface area contributed by atoms with Crippen molar-refractivity contribution in [3.05, 3.63) is 65.9 Å². The van der Waals surface area contributed by atoms with Crippen LogP contribution in [0.15, 0.2) is 54.7 Å². The highest BCUT2D eigenvalue weighted by Gasteiger charge is 2.55. The molecule has 2 N–H and O–H groups in total. The Bertz CT molecular complexity index is 1540. The fourth-order valence-electron chi connectivity index (χ4n) is 7.11. The number of methoxy groups -OCH3 is 1. The molecular weight excluding hydrogens is 554 g/mol. The number of rotatable bonds is 8. The zero-order valence-electron chi connectivity index (χ0n) is 25.6. The normalized spacial score (nSPS) is 21.3. The third kappa shape index (κ3) is 5.58. The standard InChI is InChI=1S/C34H41N7O3/c1-39-28-19-35-33(38-30(28)41(26-10-6-7-11-26)22-34(15-16-34)32(39)43)37-27-13-12-24(18-29(27)44-2)31(42)36-25-14-17-40(21-25)20-23-8-4-3-5-9-23/h3-5,8-9,12-13,18-19,25-26H,6-7,10-11,14-17,20-22H2,1-2H3,(H,36,42)(H,35,37,38). The van der Waals surface area contributed by atoms with Crippen LogP contribution in [0.2, 0.25) is 0 Å². The minimum atomic E-state index is -0.302. The van der Waals surface area contributed by atoms with Crippen molar-refractivity contribution >= 4 is 35.0 Å².